The van der Waals surface area contributed by atoms with E-state index in [0.29, 0.717) is 0 Å². The van der Waals surface area contributed by atoms with Gasteiger partial charge in [-0.1, -0.05) is 13.8 Å². The molecule has 0 radical (unpaired) electrons. The predicted octanol–water partition coefficient (Wildman–Crippen LogP) is 2.40. The first kappa shape index (κ1) is 9.51. The molecule has 0 saturated heterocycles. The van der Waals surface area contributed by atoms with E-state index in [1.165, 1.54) is 0 Å². The summed E-state index contributed by atoms with van der Waals surface area (Å²) >= 11 is -0.931. The van der Waals surface area contributed by atoms with Gasteiger partial charge in [0.1, 0.15) is 0 Å². The Morgan fingerprint density at radius 3 is 1.20 bits per heavy atom. The van der Waals surface area contributed by atoms with Crippen LogP contribution < -0.4 is 0 Å². The molecule has 0 spiro atoms. The molecule has 0 bridgehead atoms. The number of halogens is 2. The molecule has 0 fully saturated rings. The van der Waals surface area contributed by atoms with Crippen molar-refractivity contribution in [2.24, 2.45) is 0 Å². The summed E-state index contributed by atoms with van der Waals surface area (Å²) in [5, 5.41) is 0. The van der Waals surface area contributed by atoms with Gasteiger partial charge < -0.3 is 0 Å². The number of hydrogen-bond donors (Lipinski definition) is 0. The fourth-order valence-corrected chi connectivity index (χ4v) is 0. The molecular weight excluding hydrogens is 160 g/mol. The maximum atomic E-state index is 4.95. The van der Waals surface area contributed by atoms with Gasteiger partial charge in [-0.25, -0.2) is 0 Å². The van der Waals surface area contributed by atoms with Crippen LogP contribution >= 0.6 is 19.4 Å². The fraction of sp³-hybridized carbons (Fsp3) is 1.00. The summed E-state index contributed by atoms with van der Waals surface area (Å²) in [6, 6.07) is 0. The second-order valence-electron chi connectivity index (χ2n) is 0.101. The van der Waals surface area contributed by atoms with Crippen molar-refractivity contribution in [3.05, 3.63) is 0 Å². The van der Waals surface area contributed by atoms with E-state index < -0.39 is 15.1 Å². The van der Waals surface area contributed by atoms with Crippen molar-refractivity contribution < 1.29 is 15.1 Å². The average molecular weight is 166 g/mol. The van der Waals surface area contributed by atoms with E-state index >= 15 is 0 Å². The molecule has 0 heterocycles. The molecule has 0 amide bonds. The molecule has 3 heteroatoms. The summed E-state index contributed by atoms with van der Waals surface area (Å²) in [5.41, 5.74) is 0. The topological polar surface area (TPSA) is 0 Å². The quantitative estimate of drug-likeness (QED) is 0.485. The molecule has 0 aliphatic carbocycles. The van der Waals surface area contributed by atoms with Crippen molar-refractivity contribution in [3.8, 4) is 0 Å². The van der Waals surface area contributed by atoms with E-state index in [-0.39, 0.29) is 0 Å². The average Bonchev–Trinajstić information content (AvgIpc) is 1.46. The Labute approximate surface area is 48.5 Å². The molecule has 0 atom stereocenters. The van der Waals surface area contributed by atoms with Crippen molar-refractivity contribution in [1.29, 1.82) is 0 Å². The standard InChI is InChI=1S/C2H6.2ClH.Zn/c1-2;;;/h1-2H3;2*1H;/q;;;+2/p-2. The number of hydrogen-bond acceptors (Lipinski definition) is 0. The van der Waals surface area contributed by atoms with Crippen LogP contribution in [0, 0.1) is 0 Å². The van der Waals surface area contributed by atoms with Crippen LogP contribution in [0.1, 0.15) is 13.8 Å². The van der Waals surface area contributed by atoms with Crippen molar-refractivity contribution in [1.82, 2.24) is 0 Å². The van der Waals surface area contributed by atoms with E-state index in [2.05, 4.69) is 0 Å². The Hall–Kier alpha value is 1.20. The van der Waals surface area contributed by atoms with Gasteiger partial charge in [0, 0.05) is 0 Å². The van der Waals surface area contributed by atoms with E-state index in [4.69, 9.17) is 19.4 Å². The molecule has 0 aliphatic rings. The van der Waals surface area contributed by atoms with Crippen LogP contribution in [0.3, 0.4) is 0 Å². The first-order chi connectivity index (χ1) is 2.41. The van der Waals surface area contributed by atoms with Gasteiger partial charge in [0.05, 0.1) is 0 Å². The molecule has 0 unspecified atom stereocenters. The Morgan fingerprint density at radius 2 is 1.20 bits per heavy atom. The van der Waals surface area contributed by atoms with E-state index in [9.17, 15) is 0 Å². The Kier molecular flexibility index (Phi) is 36.0. The maximum absolute atomic E-state index is 4.95. The Bertz CT molecular complexity index is 7.61. The molecular formula is C2H6Cl2Zn. The Morgan fingerprint density at radius 1 is 1.20 bits per heavy atom. The summed E-state index contributed by atoms with van der Waals surface area (Å²) in [6.45, 7) is 4.00. The third-order valence-corrected chi connectivity index (χ3v) is 0. The van der Waals surface area contributed by atoms with Gasteiger partial charge in [-0.15, -0.1) is 0 Å². The van der Waals surface area contributed by atoms with Crippen LogP contribution in [-0.2, 0) is 15.1 Å². The molecule has 0 aromatic heterocycles. The molecule has 0 N–H and O–H groups in total. The molecule has 0 aliphatic heterocycles. The molecule has 0 nitrogen and oxygen atoms in total. The third-order valence-electron chi connectivity index (χ3n) is 0. The molecule has 0 aromatic carbocycles. The minimum absolute atomic E-state index is 0.931. The monoisotopic (exact) mass is 164 g/mol. The number of rotatable bonds is 0. The fourth-order valence-electron chi connectivity index (χ4n) is 0. The van der Waals surface area contributed by atoms with E-state index in [1.807, 2.05) is 13.8 Å². The third kappa shape index (κ3) is 36.9. The first-order valence-electron chi connectivity index (χ1n) is 1.53. The summed E-state index contributed by atoms with van der Waals surface area (Å²) < 4.78 is 0. The molecule has 30 valence electrons. The molecule has 0 aromatic rings. The van der Waals surface area contributed by atoms with E-state index in [0.717, 1.165) is 0 Å². The molecule has 5 heavy (non-hydrogen) atoms. The van der Waals surface area contributed by atoms with Crippen molar-refractivity contribution in [2.45, 2.75) is 13.8 Å². The van der Waals surface area contributed by atoms with Crippen LogP contribution in [0.2, 0.25) is 0 Å². The second kappa shape index (κ2) is 18.9. The predicted molar refractivity (Wildman–Crippen MR) is 23.1 cm³/mol. The summed E-state index contributed by atoms with van der Waals surface area (Å²) in [7, 11) is 9.90. The molecule has 0 rings (SSSR count). The SMILES string of the molecule is CC.[Cl][Zn][Cl]. The van der Waals surface area contributed by atoms with Gasteiger partial charge in [0.2, 0.25) is 0 Å². The van der Waals surface area contributed by atoms with Crippen LogP contribution in [-0.4, -0.2) is 0 Å². The van der Waals surface area contributed by atoms with Crippen LogP contribution in [0.4, 0.5) is 0 Å². The Balaban J connectivity index is 0. The summed E-state index contributed by atoms with van der Waals surface area (Å²) in [6.07, 6.45) is 0. The van der Waals surface area contributed by atoms with Gasteiger partial charge in [0.15, 0.2) is 0 Å². The van der Waals surface area contributed by atoms with Crippen molar-refractivity contribution >= 4 is 19.4 Å². The second-order valence-corrected chi connectivity index (χ2v) is 4.72. The van der Waals surface area contributed by atoms with Crippen molar-refractivity contribution in [3.63, 3.8) is 0 Å². The summed E-state index contributed by atoms with van der Waals surface area (Å²) in [4.78, 5) is 0. The van der Waals surface area contributed by atoms with Gasteiger partial charge in [-0.05, 0) is 0 Å². The van der Waals surface area contributed by atoms with Crippen molar-refractivity contribution in [2.75, 3.05) is 0 Å². The van der Waals surface area contributed by atoms with Gasteiger partial charge in [0.25, 0.3) is 0 Å². The first-order valence-corrected chi connectivity index (χ1v) is 9.33. The van der Waals surface area contributed by atoms with Gasteiger partial charge in [-0.2, -0.15) is 0 Å². The van der Waals surface area contributed by atoms with Crippen LogP contribution in [0.15, 0.2) is 0 Å². The van der Waals surface area contributed by atoms with Gasteiger partial charge >= 0.3 is 34.5 Å². The molecule has 0 saturated carbocycles. The van der Waals surface area contributed by atoms with Gasteiger partial charge in [-0.3, -0.25) is 0 Å². The van der Waals surface area contributed by atoms with Crippen LogP contribution in [0.25, 0.3) is 0 Å². The summed E-state index contributed by atoms with van der Waals surface area (Å²) in [5.74, 6) is 0. The van der Waals surface area contributed by atoms with Crippen LogP contribution in [0.5, 0.6) is 0 Å². The zero-order valence-corrected chi connectivity index (χ0v) is 7.94. The zero-order valence-electron chi connectivity index (χ0n) is 3.46. The zero-order chi connectivity index (χ0) is 4.71. The normalized spacial score (nSPS) is 3.20. The van der Waals surface area contributed by atoms with E-state index in [1.54, 1.807) is 0 Å². The minimum atomic E-state index is -0.931.